The maximum Gasteiger partial charge on any atom is 0.127 e. The topological polar surface area (TPSA) is 34.6 Å². The van der Waals surface area contributed by atoms with Crippen LogP contribution in [0.2, 0.25) is 0 Å². The molecule has 4 heteroatoms. The number of nitrogens with zero attached hydrogens (tertiary/aromatic N) is 2. The molecule has 1 aromatic heterocycles. The van der Waals surface area contributed by atoms with Crippen molar-refractivity contribution in [3.8, 4) is 22.8 Å². The molecule has 0 saturated heterocycles. The fourth-order valence-electron chi connectivity index (χ4n) is 4.86. The molecule has 4 nitrogen and oxygen atoms in total. The molecule has 1 heterocycles. The van der Waals surface area contributed by atoms with Crippen molar-refractivity contribution in [2.24, 2.45) is 0 Å². The lowest BCUT2D eigenvalue weighted by atomic mass is 9.94. The lowest BCUT2D eigenvalue weighted by Crippen LogP contribution is -2.25. The van der Waals surface area contributed by atoms with Crippen molar-refractivity contribution >= 4 is 0 Å². The molecular weight excluding hydrogens is 456 g/mol. The molecule has 192 valence electrons. The zero-order chi connectivity index (χ0) is 26.0. The van der Waals surface area contributed by atoms with Crippen LogP contribution in [-0.4, -0.2) is 30.6 Å². The number of aryl methyl sites for hydroxylation is 2. The Bertz CT molecular complexity index is 1250. The average Bonchev–Trinajstić information content (AvgIpc) is 2.96. The lowest BCUT2D eigenvalue weighted by molar-refractivity contribution is 0.255. The van der Waals surface area contributed by atoms with E-state index in [-0.39, 0.29) is 0 Å². The molecule has 37 heavy (non-hydrogen) atoms. The predicted molar refractivity (Wildman–Crippen MR) is 152 cm³/mol. The van der Waals surface area contributed by atoms with Crippen LogP contribution in [0, 0.1) is 0 Å². The molecule has 0 saturated carbocycles. The molecule has 0 fully saturated rings. The van der Waals surface area contributed by atoms with E-state index >= 15 is 0 Å². The van der Waals surface area contributed by atoms with Crippen molar-refractivity contribution in [2.75, 3.05) is 20.8 Å². The molecule has 0 aliphatic heterocycles. The molecule has 4 rings (SSSR count). The van der Waals surface area contributed by atoms with Crippen LogP contribution in [0.3, 0.4) is 0 Å². The fraction of sp³-hybridized carbons (Fsp3) is 0.303. The number of aromatic nitrogens is 1. The summed E-state index contributed by atoms with van der Waals surface area (Å²) in [5, 5.41) is 0. The van der Waals surface area contributed by atoms with Crippen molar-refractivity contribution in [1.29, 1.82) is 0 Å². The maximum atomic E-state index is 5.92. The SMILES string of the molecule is CCc1cccc(CC)c1-c1cc(OC)c(CN(CCc2ccccc2)Cc2ccc(OC)cc2)cn1. The number of ether oxygens (including phenoxy) is 2. The van der Waals surface area contributed by atoms with Crippen LogP contribution in [0.5, 0.6) is 11.5 Å². The van der Waals surface area contributed by atoms with Crippen molar-refractivity contribution in [3.63, 3.8) is 0 Å². The van der Waals surface area contributed by atoms with Gasteiger partial charge in [-0.05, 0) is 53.6 Å². The summed E-state index contributed by atoms with van der Waals surface area (Å²) in [6, 6.07) is 27.7. The monoisotopic (exact) mass is 494 g/mol. The summed E-state index contributed by atoms with van der Waals surface area (Å²) in [6.07, 6.45) is 4.94. The fourth-order valence-corrected chi connectivity index (χ4v) is 4.86. The van der Waals surface area contributed by atoms with Crippen molar-refractivity contribution in [1.82, 2.24) is 9.88 Å². The third-order valence-corrected chi connectivity index (χ3v) is 6.94. The van der Waals surface area contributed by atoms with Crippen molar-refractivity contribution in [3.05, 3.63) is 113 Å². The van der Waals surface area contributed by atoms with Gasteiger partial charge >= 0.3 is 0 Å². The van der Waals surface area contributed by atoms with Gasteiger partial charge in [0.25, 0.3) is 0 Å². The van der Waals surface area contributed by atoms with Gasteiger partial charge in [0.1, 0.15) is 11.5 Å². The van der Waals surface area contributed by atoms with Gasteiger partial charge in [-0.25, -0.2) is 0 Å². The highest BCUT2D eigenvalue weighted by molar-refractivity contribution is 5.69. The summed E-state index contributed by atoms with van der Waals surface area (Å²) in [5.41, 5.74) is 8.57. The van der Waals surface area contributed by atoms with Crippen LogP contribution in [0.1, 0.15) is 41.7 Å². The zero-order valence-corrected chi connectivity index (χ0v) is 22.5. The Morgan fingerprint density at radius 1 is 0.703 bits per heavy atom. The third-order valence-electron chi connectivity index (χ3n) is 6.94. The number of benzene rings is 3. The molecule has 0 aliphatic carbocycles. The van der Waals surface area contributed by atoms with Gasteiger partial charge in [0.15, 0.2) is 0 Å². The molecule has 0 radical (unpaired) electrons. The molecular formula is C33H38N2O2. The quantitative estimate of drug-likeness (QED) is 0.210. The largest absolute Gasteiger partial charge is 0.497 e. The van der Waals surface area contributed by atoms with Gasteiger partial charge < -0.3 is 9.47 Å². The predicted octanol–water partition coefficient (Wildman–Crippen LogP) is 7.14. The summed E-state index contributed by atoms with van der Waals surface area (Å²) in [7, 11) is 3.46. The van der Waals surface area contributed by atoms with E-state index in [1.165, 1.54) is 27.8 Å². The first-order valence-electron chi connectivity index (χ1n) is 13.2. The van der Waals surface area contributed by atoms with Crippen LogP contribution >= 0.6 is 0 Å². The Labute approximate surface area is 221 Å². The zero-order valence-electron chi connectivity index (χ0n) is 22.5. The molecule has 0 N–H and O–H groups in total. The summed E-state index contributed by atoms with van der Waals surface area (Å²) >= 11 is 0. The molecule has 0 unspecified atom stereocenters. The summed E-state index contributed by atoms with van der Waals surface area (Å²) in [4.78, 5) is 7.42. The standard InChI is InChI=1S/C33H38N2O2/c1-5-27-13-10-14-28(6-2)33(27)31-21-32(37-4)29(22-34-31)24-35(20-19-25-11-8-7-9-12-25)23-26-15-17-30(36-3)18-16-26/h7-18,21-22H,5-6,19-20,23-24H2,1-4H3. The Balaban J connectivity index is 1.61. The number of hydrogen-bond acceptors (Lipinski definition) is 4. The molecule has 0 amide bonds. The van der Waals surface area contributed by atoms with E-state index in [9.17, 15) is 0 Å². The minimum atomic E-state index is 0.755. The normalized spacial score (nSPS) is 11.1. The van der Waals surface area contributed by atoms with E-state index < -0.39 is 0 Å². The maximum absolute atomic E-state index is 5.92. The smallest absolute Gasteiger partial charge is 0.127 e. The molecule has 0 atom stereocenters. The highest BCUT2D eigenvalue weighted by atomic mass is 16.5. The highest BCUT2D eigenvalue weighted by Crippen LogP contribution is 2.32. The van der Waals surface area contributed by atoms with Gasteiger partial charge in [-0.3, -0.25) is 9.88 Å². The number of rotatable bonds is 12. The molecule has 0 aliphatic rings. The minimum absolute atomic E-state index is 0.755. The Hall–Kier alpha value is -3.63. The second kappa shape index (κ2) is 13.1. The van der Waals surface area contributed by atoms with E-state index in [1.54, 1.807) is 14.2 Å². The van der Waals surface area contributed by atoms with E-state index in [0.717, 1.165) is 61.7 Å². The van der Waals surface area contributed by atoms with E-state index in [0.29, 0.717) is 0 Å². The average molecular weight is 495 g/mol. The minimum Gasteiger partial charge on any atom is -0.497 e. The first kappa shape index (κ1) is 26.4. The first-order chi connectivity index (χ1) is 18.1. The van der Waals surface area contributed by atoms with Gasteiger partial charge in [0.2, 0.25) is 0 Å². The van der Waals surface area contributed by atoms with Crippen molar-refractivity contribution < 1.29 is 9.47 Å². The van der Waals surface area contributed by atoms with E-state index in [1.807, 2.05) is 18.3 Å². The van der Waals surface area contributed by atoms with Gasteiger partial charge in [-0.2, -0.15) is 0 Å². The van der Waals surface area contributed by atoms with Crippen LogP contribution in [0.25, 0.3) is 11.3 Å². The van der Waals surface area contributed by atoms with Crippen LogP contribution in [0.15, 0.2) is 85.1 Å². The van der Waals surface area contributed by atoms with Gasteiger partial charge in [-0.15, -0.1) is 0 Å². The van der Waals surface area contributed by atoms with Gasteiger partial charge in [0, 0.05) is 43.0 Å². The van der Waals surface area contributed by atoms with Gasteiger partial charge in [0.05, 0.1) is 19.9 Å². The number of hydrogen-bond donors (Lipinski definition) is 0. The molecule has 0 spiro atoms. The van der Waals surface area contributed by atoms with Crippen LogP contribution in [-0.2, 0) is 32.4 Å². The number of methoxy groups -OCH3 is 2. The van der Waals surface area contributed by atoms with Crippen LogP contribution < -0.4 is 9.47 Å². The highest BCUT2D eigenvalue weighted by Gasteiger charge is 2.16. The number of pyridine rings is 1. The second-order valence-electron chi connectivity index (χ2n) is 9.33. The first-order valence-corrected chi connectivity index (χ1v) is 13.2. The summed E-state index contributed by atoms with van der Waals surface area (Å²) < 4.78 is 11.3. The lowest BCUT2D eigenvalue weighted by Gasteiger charge is -2.24. The molecule has 3 aromatic carbocycles. The molecule has 4 aromatic rings. The third kappa shape index (κ3) is 6.78. The van der Waals surface area contributed by atoms with E-state index in [4.69, 9.17) is 14.5 Å². The van der Waals surface area contributed by atoms with Crippen LogP contribution in [0.4, 0.5) is 0 Å². The Kier molecular flexibility index (Phi) is 9.34. The summed E-state index contributed by atoms with van der Waals surface area (Å²) in [6.45, 7) is 6.92. The second-order valence-corrected chi connectivity index (χ2v) is 9.33. The Morgan fingerprint density at radius 2 is 1.41 bits per heavy atom. The van der Waals surface area contributed by atoms with Gasteiger partial charge in [-0.1, -0.05) is 74.5 Å². The summed E-state index contributed by atoms with van der Waals surface area (Å²) in [5.74, 6) is 1.76. The molecule has 0 bridgehead atoms. The Morgan fingerprint density at radius 3 is 2.03 bits per heavy atom. The van der Waals surface area contributed by atoms with Crippen molar-refractivity contribution in [2.45, 2.75) is 46.2 Å². The van der Waals surface area contributed by atoms with E-state index in [2.05, 4.69) is 85.5 Å².